The molecule has 0 spiro atoms. The lowest BCUT2D eigenvalue weighted by Gasteiger charge is -2.45. The summed E-state index contributed by atoms with van der Waals surface area (Å²) in [4.78, 5) is 10.3. The zero-order chi connectivity index (χ0) is 22.3. The summed E-state index contributed by atoms with van der Waals surface area (Å²) in [6.07, 6.45) is -11.0. The Balaban J connectivity index is 2.33. The summed E-state index contributed by atoms with van der Waals surface area (Å²) in [5.41, 5.74) is 34.6. The molecule has 4 N–H and O–H groups in total. The molecule has 18 heteroatoms. The SMILES string of the molecule is [N-]=[N+]=NC[C@H]1O[C@H](O[C@@H]2[C@@H](O)[C@H](O)[C@@H](N=[N+]=[N-])C[C@H]2N=[N+]=[N-])[C@H](N=[N+]=[N-])[C@@H](O)[C@@H]1O. The van der Waals surface area contributed by atoms with Crippen molar-refractivity contribution >= 4 is 0 Å². The Morgan fingerprint density at radius 2 is 1.43 bits per heavy atom. The van der Waals surface area contributed by atoms with Crippen molar-refractivity contribution < 1.29 is 29.9 Å². The second-order valence-corrected chi connectivity index (χ2v) is 6.50. The highest BCUT2D eigenvalue weighted by molar-refractivity contribution is 5.02. The summed E-state index contributed by atoms with van der Waals surface area (Å²) in [6.45, 7) is -0.397. The summed E-state index contributed by atoms with van der Waals surface area (Å²) in [7, 11) is 0. The van der Waals surface area contributed by atoms with Crippen LogP contribution in [0.1, 0.15) is 6.42 Å². The molecule has 162 valence electrons. The van der Waals surface area contributed by atoms with Crippen molar-refractivity contribution in [2.45, 2.75) is 67.5 Å². The number of ether oxygens (including phenoxy) is 2. The summed E-state index contributed by atoms with van der Waals surface area (Å²) in [5.74, 6) is 0. The molecule has 2 fully saturated rings. The molecule has 1 aliphatic carbocycles. The van der Waals surface area contributed by atoms with Gasteiger partial charge in [0.05, 0.1) is 43.0 Å². The molecule has 0 aromatic rings. The van der Waals surface area contributed by atoms with Gasteiger partial charge in [0.2, 0.25) is 0 Å². The van der Waals surface area contributed by atoms with Crippen LogP contribution >= 0.6 is 0 Å². The molecule has 0 aromatic carbocycles. The number of aliphatic hydroxyl groups is 4. The first-order valence-electron chi connectivity index (χ1n) is 8.56. The van der Waals surface area contributed by atoms with E-state index in [1.54, 1.807) is 0 Å². The van der Waals surface area contributed by atoms with Gasteiger partial charge in [0.15, 0.2) is 6.29 Å². The van der Waals surface area contributed by atoms with E-state index in [0.717, 1.165) is 0 Å². The number of hydrogen-bond donors (Lipinski definition) is 4. The molecule has 0 bridgehead atoms. The second-order valence-electron chi connectivity index (χ2n) is 6.50. The monoisotopic (exact) mass is 426 g/mol. The van der Waals surface area contributed by atoms with E-state index in [9.17, 15) is 20.4 Å². The number of azide groups is 4. The maximum absolute atomic E-state index is 10.4. The fraction of sp³-hybridized carbons (Fsp3) is 1.00. The average molecular weight is 426 g/mol. The normalized spacial score (nSPS) is 40.7. The summed E-state index contributed by atoms with van der Waals surface area (Å²) < 4.78 is 11.1. The lowest BCUT2D eigenvalue weighted by atomic mass is 9.84. The van der Waals surface area contributed by atoms with Crippen molar-refractivity contribution in [3.8, 4) is 0 Å². The summed E-state index contributed by atoms with van der Waals surface area (Å²) >= 11 is 0. The summed E-state index contributed by atoms with van der Waals surface area (Å²) in [5, 5.41) is 54.4. The van der Waals surface area contributed by atoms with Crippen LogP contribution in [-0.2, 0) is 9.47 Å². The fourth-order valence-electron chi connectivity index (χ4n) is 3.34. The molecule has 1 aliphatic heterocycles. The van der Waals surface area contributed by atoms with Crippen molar-refractivity contribution in [1.29, 1.82) is 0 Å². The van der Waals surface area contributed by atoms with E-state index in [1.807, 2.05) is 0 Å². The van der Waals surface area contributed by atoms with Crippen LogP contribution in [0.4, 0.5) is 0 Å². The molecular weight excluding hydrogens is 408 g/mol. The molecule has 18 nitrogen and oxygen atoms in total. The molecule has 10 atom stereocenters. The van der Waals surface area contributed by atoms with Crippen molar-refractivity contribution in [2.75, 3.05) is 6.54 Å². The molecule has 2 rings (SSSR count). The van der Waals surface area contributed by atoms with Gasteiger partial charge in [0.25, 0.3) is 0 Å². The van der Waals surface area contributed by atoms with Gasteiger partial charge in [-0.1, -0.05) is 20.5 Å². The van der Waals surface area contributed by atoms with Crippen LogP contribution in [0.2, 0.25) is 0 Å². The first-order chi connectivity index (χ1) is 14.4. The quantitative estimate of drug-likeness (QED) is 0.251. The highest BCUT2D eigenvalue weighted by Crippen LogP contribution is 2.32. The Labute approximate surface area is 167 Å². The standard InChI is InChI=1S/C12H18N12O6/c13-21-17-2-5-8(26)9(27)6(20-24-16)12(29-5)30-11-4(19-23-15)1-3(18-22-14)7(25)10(11)28/h3-12,25-28H,1-2H2/t3-,4+,5+,6+,7+,8+,9+,10-,11-,12+/m0/s1. The van der Waals surface area contributed by atoms with E-state index in [4.69, 9.17) is 31.6 Å². The number of aliphatic hydroxyl groups excluding tert-OH is 4. The molecule has 1 saturated heterocycles. The maximum Gasteiger partial charge on any atom is 0.169 e. The van der Waals surface area contributed by atoms with Gasteiger partial charge < -0.3 is 29.9 Å². The van der Waals surface area contributed by atoms with Crippen LogP contribution in [0.15, 0.2) is 20.5 Å². The molecule has 2 aliphatic rings. The van der Waals surface area contributed by atoms with Gasteiger partial charge in [0, 0.05) is 19.6 Å². The van der Waals surface area contributed by atoms with Gasteiger partial charge in [-0.25, -0.2) is 0 Å². The van der Waals surface area contributed by atoms with Crippen molar-refractivity contribution in [3.63, 3.8) is 0 Å². The van der Waals surface area contributed by atoms with Crippen LogP contribution in [0.3, 0.4) is 0 Å². The van der Waals surface area contributed by atoms with Gasteiger partial charge in [-0.05, 0) is 28.5 Å². The van der Waals surface area contributed by atoms with Crippen molar-refractivity contribution in [3.05, 3.63) is 41.8 Å². The molecule has 0 unspecified atom stereocenters. The minimum Gasteiger partial charge on any atom is -0.390 e. The topological polar surface area (TPSA) is 294 Å². The van der Waals surface area contributed by atoms with Crippen LogP contribution < -0.4 is 0 Å². The minimum absolute atomic E-state index is 0.177. The molecule has 0 amide bonds. The predicted octanol–water partition coefficient (Wildman–Crippen LogP) is 0.291. The zero-order valence-corrected chi connectivity index (χ0v) is 15.2. The Bertz CT molecular complexity index is 802. The van der Waals surface area contributed by atoms with Crippen LogP contribution in [0.5, 0.6) is 0 Å². The molecule has 0 aromatic heterocycles. The van der Waals surface area contributed by atoms with Gasteiger partial charge in [-0.3, -0.25) is 0 Å². The van der Waals surface area contributed by atoms with Crippen molar-refractivity contribution in [1.82, 2.24) is 0 Å². The van der Waals surface area contributed by atoms with Crippen LogP contribution in [-0.4, -0.2) is 88.0 Å². The zero-order valence-electron chi connectivity index (χ0n) is 15.2. The average Bonchev–Trinajstić information content (AvgIpc) is 2.73. The molecular formula is C12H18N12O6. The Morgan fingerprint density at radius 1 is 0.800 bits per heavy atom. The first-order valence-corrected chi connectivity index (χ1v) is 8.56. The van der Waals surface area contributed by atoms with Crippen molar-refractivity contribution in [2.24, 2.45) is 20.5 Å². The fourth-order valence-corrected chi connectivity index (χ4v) is 3.34. The number of rotatable bonds is 7. The van der Waals surface area contributed by atoms with Gasteiger partial charge >= 0.3 is 0 Å². The third-order valence-corrected chi connectivity index (χ3v) is 4.81. The third-order valence-electron chi connectivity index (χ3n) is 4.81. The predicted molar refractivity (Wildman–Crippen MR) is 95.0 cm³/mol. The van der Waals surface area contributed by atoms with Gasteiger partial charge in [-0.2, -0.15) is 0 Å². The van der Waals surface area contributed by atoms with Gasteiger partial charge in [-0.15, -0.1) is 0 Å². The highest BCUT2D eigenvalue weighted by atomic mass is 16.7. The molecule has 1 saturated carbocycles. The lowest BCUT2D eigenvalue weighted by molar-refractivity contribution is -0.287. The first kappa shape index (κ1) is 23.3. The van der Waals surface area contributed by atoms with Gasteiger partial charge in [0.1, 0.15) is 18.2 Å². The highest BCUT2D eigenvalue weighted by Gasteiger charge is 2.49. The Kier molecular flexibility index (Phi) is 8.29. The van der Waals surface area contributed by atoms with E-state index in [1.165, 1.54) is 0 Å². The van der Waals surface area contributed by atoms with E-state index in [2.05, 4.69) is 40.1 Å². The van der Waals surface area contributed by atoms with Crippen LogP contribution in [0, 0.1) is 0 Å². The third kappa shape index (κ3) is 4.94. The number of hydrogen-bond acceptors (Lipinski definition) is 10. The van der Waals surface area contributed by atoms with Crippen LogP contribution in [0.25, 0.3) is 41.8 Å². The smallest absolute Gasteiger partial charge is 0.169 e. The van der Waals surface area contributed by atoms with E-state index in [-0.39, 0.29) is 6.42 Å². The Morgan fingerprint density at radius 3 is 2.03 bits per heavy atom. The Hall–Kier alpha value is -3.00. The molecule has 30 heavy (non-hydrogen) atoms. The largest absolute Gasteiger partial charge is 0.390 e. The molecule has 0 radical (unpaired) electrons. The summed E-state index contributed by atoms with van der Waals surface area (Å²) in [6, 6.07) is -3.72. The lowest BCUT2D eigenvalue weighted by Crippen LogP contribution is -2.62. The van der Waals surface area contributed by atoms with E-state index < -0.39 is 67.6 Å². The maximum atomic E-state index is 10.4. The minimum atomic E-state index is -1.71. The second kappa shape index (κ2) is 10.7. The number of nitrogens with zero attached hydrogens (tertiary/aromatic N) is 12. The van der Waals surface area contributed by atoms with E-state index >= 15 is 0 Å². The molecule has 1 heterocycles. The van der Waals surface area contributed by atoms with E-state index in [0.29, 0.717) is 0 Å².